The van der Waals surface area contributed by atoms with Gasteiger partial charge >= 0.3 is 6.18 Å². The van der Waals surface area contributed by atoms with Crippen LogP contribution in [0.3, 0.4) is 0 Å². The Morgan fingerprint density at radius 3 is 2.22 bits per heavy atom. The third-order valence-electron chi connectivity index (χ3n) is 6.32. The van der Waals surface area contributed by atoms with Gasteiger partial charge in [0.1, 0.15) is 18.0 Å². The van der Waals surface area contributed by atoms with Gasteiger partial charge in [0.15, 0.2) is 0 Å². The van der Waals surface area contributed by atoms with E-state index in [4.69, 9.17) is 0 Å². The van der Waals surface area contributed by atoms with E-state index in [1.165, 1.54) is 29.7 Å². The van der Waals surface area contributed by atoms with E-state index in [1.54, 1.807) is 31.2 Å². The maximum absolute atomic E-state index is 13.9. The number of halogens is 5. The number of carbonyl (C=O) groups is 1. The molecule has 0 saturated heterocycles. The Labute approximate surface area is 203 Å². The van der Waals surface area contributed by atoms with E-state index >= 15 is 0 Å². The molecule has 1 atom stereocenters. The van der Waals surface area contributed by atoms with Gasteiger partial charge in [-0.1, -0.05) is 18.2 Å². The fourth-order valence-electron chi connectivity index (χ4n) is 4.65. The Kier molecular flexibility index (Phi) is 5.58. The van der Waals surface area contributed by atoms with E-state index in [1.807, 2.05) is 0 Å². The van der Waals surface area contributed by atoms with E-state index in [-0.39, 0.29) is 17.9 Å². The maximum Gasteiger partial charge on any atom is 0.416 e. The van der Waals surface area contributed by atoms with Crippen LogP contribution < -0.4 is 4.90 Å². The van der Waals surface area contributed by atoms with Crippen LogP contribution in [0.5, 0.6) is 0 Å². The highest BCUT2D eigenvalue weighted by atomic mass is 19.4. The lowest BCUT2D eigenvalue weighted by Gasteiger charge is -2.24. The van der Waals surface area contributed by atoms with Crippen LogP contribution >= 0.6 is 0 Å². The zero-order chi connectivity index (χ0) is 25.7. The molecule has 1 unspecified atom stereocenters. The molecule has 4 nitrogen and oxygen atoms in total. The summed E-state index contributed by atoms with van der Waals surface area (Å²) in [6.45, 7) is 1.65. The van der Waals surface area contributed by atoms with Crippen molar-refractivity contribution in [3.05, 3.63) is 108 Å². The van der Waals surface area contributed by atoms with Crippen molar-refractivity contribution in [1.82, 2.24) is 9.97 Å². The summed E-state index contributed by atoms with van der Waals surface area (Å²) in [5.74, 6) is -1.92. The highest BCUT2D eigenvalue weighted by molar-refractivity contribution is 6.13. The van der Waals surface area contributed by atoms with Gasteiger partial charge in [0.25, 0.3) is 0 Å². The maximum atomic E-state index is 13.9. The molecular weight excluding hydrogens is 477 g/mol. The summed E-state index contributed by atoms with van der Waals surface area (Å²) < 4.78 is 67.8. The highest BCUT2D eigenvalue weighted by Crippen LogP contribution is 2.48. The predicted molar refractivity (Wildman–Crippen MR) is 123 cm³/mol. The molecule has 1 aliphatic rings. The molecule has 9 heteroatoms. The fourth-order valence-corrected chi connectivity index (χ4v) is 4.65. The first kappa shape index (κ1) is 23.6. The number of alkyl halides is 3. The number of anilines is 2. The number of amides is 1. The van der Waals surface area contributed by atoms with Gasteiger partial charge in [-0.3, -0.25) is 9.69 Å². The van der Waals surface area contributed by atoms with Crippen LogP contribution in [-0.4, -0.2) is 15.9 Å². The van der Waals surface area contributed by atoms with E-state index in [9.17, 15) is 26.7 Å². The summed E-state index contributed by atoms with van der Waals surface area (Å²) >= 11 is 0. The van der Waals surface area contributed by atoms with E-state index in [0.29, 0.717) is 28.1 Å². The molecule has 5 rings (SSSR count). The van der Waals surface area contributed by atoms with Crippen molar-refractivity contribution in [2.45, 2.75) is 24.9 Å². The number of fused-ring (bicyclic) bond motifs is 1. The number of carbonyl (C=O) groups excluding carboxylic acids is 1. The molecule has 1 aromatic heterocycles. The fraction of sp³-hybridized carbons (Fsp3) is 0.148. The summed E-state index contributed by atoms with van der Waals surface area (Å²) in [5.41, 5.74) is 0.382. The van der Waals surface area contributed by atoms with Crippen LogP contribution in [0.4, 0.5) is 33.3 Å². The van der Waals surface area contributed by atoms with Crippen LogP contribution in [0.1, 0.15) is 23.6 Å². The zero-order valence-corrected chi connectivity index (χ0v) is 18.9. The van der Waals surface area contributed by atoms with Crippen molar-refractivity contribution in [3.8, 4) is 11.1 Å². The molecule has 2 heterocycles. The normalized spacial score (nSPS) is 17.4. The highest BCUT2D eigenvalue weighted by Gasteiger charge is 2.48. The van der Waals surface area contributed by atoms with Gasteiger partial charge in [-0.25, -0.2) is 18.7 Å². The first-order chi connectivity index (χ1) is 17.1. The van der Waals surface area contributed by atoms with Crippen molar-refractivity contribution in [3.63, 3.8) is 0 Å². The monoisotopic (exact) mass is 495 g/mol. The lowest BCUT2D eigenvalue weighted by atomic mass is 9.77. The number of rotatable bonds is 4. The molecule has 0 radical (unpaired) electrons. The number of nitrogens with zero attached hydrogens (tertiary/aromatic N) is 3. The number of hydrogen-bond acceptors (Lipinski definition) is 3. The van der Waals surface area contributed by atoms with Crippen molar-refractivity contribution >= 4 is 17.3 Å². The lowest BCUT2D eigenvalue weighted by molar-refractivity contribution is -0.137. The van der Waals surface area contributed by atoms with Gasteiger partial charge in [0, 0.05) is 6.07 Å². The predicted octanol–water partition coefficient (Wildman–Crippen LogP) is 6.62. The van der Waals surface area contributed by atoms with Gasteiger partial charge in [-0.2, -0.15) is 13.2 Å². The standard InChI is InChI=1S/C27H18F5N3O/c1-26(12-16-7-20(28)11-21(29)8-16)23-10-18(17-3-2-4-19(9-17)27(30,31)32)5-6-24(23)35(25(26)36)22-13-33-15-34-14-22/h2-11,13-15H,12H2,1H3. The largest absolute Gasteiger partial charge is 0.416 e. The van der Waals surface area contributed by atoms with Gasteiger partial charge < -0.3 is 0 Å². The molecule has 0 bridgehead atoms. The number of hydrogen-bond donors (Lipinski definition) is 0. The summed E-state index contributed by atoms with van der Waals surface area (Å²) in [5, 5.41) is 0. The SMILES string of the molecule is CC1(Cc2cc(F)cc(F)c2)C(=O)N(c2cncnc2)c2ccc(-c3cccc(C(F)(F)F)c3)cc21. The average molecular weight is 495 g/mol. The molecule has 0 spiro atoms. The Morgan fingerprint density at radius 2 is 1.56 bits per heavy atom. The Balaban J connectivity index is 1.67. The summed E-state index contributed by atoms with van der Waals surface area (Å²) in [4.78, 5) is 23.2. The summed E-state index contributed by atoms with van der Waals surface area (Å²) in [6.07, 6.45) is -0.311. The molecule has 182 valence electrons. The minimum absolute atomic E-state index is 0.0379. The van der Waals surface area contributed by atoms with E-state index in [0.717, 1.165) is 30.3 Å². The minimum atomic E-state index is -4.51. The molecule has 0 aliphatic carbocycles. The van der Waals surface area contributed by atoms with E-state index < -0.39 is 28.8 Å². The van der Waals surface area contributed by atoms with Gasteiger partial charge in [-0.15, -0.1) is 0 Å². The molecule has 0 saturated carbocycles. The van der Waals surface area contributed by atoms with Crippen molar-refractivity contribution in [2.24, 2.45) is 0 Å². The van der Waals surface area contributed by atoms with Crippen LogP contribution in [-0.2, 0) is 22.8 Å². The Hall–Kier alpha value is -4.14. The van der Waals surface area contributed by atoms with Crippen molar-refractivity contribution in [1.29, 1.82) is 0 Å². The Morgan fingerprint density at radius 1 is 0.889 bits per heavy atom. The molecule has 0 fully saturated rings. The summed E-state index contributed by atoms with van der Waals surface area (Å²) in [7, 11) is 0. The second kappa shape index (κ2) is 8.51. The number of benzene rings is 3. The molecule has 0 N–H and O–H groups in total. The topological polar surface area (TPSA) is 46.1 Å². The van der Waals surface area contributed by atoms with Crippen LogP contribution in [0.25, 0.3) is 11.1 Å². The third kappa shape index (κ3) is 4.10. The van der Waals surface area contributed by atoms with Crippen LogP contribution in [0, 0.1) is 11.6 Å². The first-order valence-electron chi connectivity index (χ1n) is 10.9. The zero-order valence-electron chi connectivity index (χ0n) is 18.9. The van der Waals surface area contributed by atoms with Crippen LogP contribution in [0.15, 0.2) is 79.4 Å². The second-order valence-electron chi connectivity index (χ2n) is 8.83. The molecule has 1 amide bonds. The number of aromatic nitrogens is 2. The quantitative estimate of drug-likeness (QED) is 0.299. The molecule has 4 aromatic rings. The van der Waals surface area contributed by atoms with E-state index in [2.05, 4.69) is 9.97 Å². The van der Waals surface area contributed by atoms with Crippen molar-refractivity contribution < 1.29 is 26.7 Å². The average Bonchev–Trinajstić information content (AvgIpc) is 3.04. The lowest BCUT2D eigenvalue weighted by Crippen LogP contribution is -2.37. The molecular formula is C27H18F5N3O. The molecule has 1 aliphatic heterocycles. The second-order valence-corrected chi connectivity index (χ2v) is 8.83. The van der Waals surface area contributed by atoms with Gasteiger partial charge in [0.05, 0.1) is 34.7 Å². The molecule has 3 aromatic carbocycles. The smallest absolute Gasteiger partial charge is 0.277 e. The van der Waals surface area contributed by atoms with Gasteiger partial charge in [0.2, 0.25) is 5.91 Å². The van der Waals surface area contributed by atoms with Gasteiger partial charge in [-0.05, 0) is 72.0 Å². The van der Waals surface area contributed by atoms with Crippen molar-refractivity contribution in [2.75, 3.05) is 4.90 Å². The van der Waals surface area contributed by atoms with Crippen LogP contribution in [0.2, 0.25) is 0 Å². The molecule has 36 heavy (non-hydrogen) atoms. The summed E-state index contributed by atoms with van der Waals surface area (Å²) in [6, 6.07) is 12.9. The third-order valence-corrected chi connectivity index (χ3v) is 6.32. The minimum Gasteiger partial charge on any atom is -0.277 e. The first-order valence-corrected chi connectivity index (χ1v) is 10.9. The Bertz CT molecular complexity index is 1450.